The summed E-state index contributed by atoms with van der Waals surface area (Å²) in [5.41, 5.74) is 6.70. The molecule has 0 aliphatic heterocycles. The second-order valence-electron chi connectivity index (χ2n) is 3.84. The summed E-state index contributed by atoms with van der Waals surface area (Å²) in [6.07, 6.45) is 1.81. The van der Waals surface area contributed by atoms with Crippen molar-refractivity contribution in [3.05, 3.63) is 41.4 Å². The van der Waals surface area contributed by atoms with Crippen molar-refractivity contribution in [2.75, 3.05) is 5.73 Å². The van der Waals surface area contributed by atoms with E-state index in [1.165, 1.54) is 5.39 Å². The zero-order chi connectivity index (χ0) is 11.8. The van der Waals surface area contributed by atoms with Gasteiger partial charge >= 0.3 is 0 Å². The van der Waals surface area contributed by atoms with Crippen molar-refractivity contribution in [1.82, 2.24) is 9.97 Å². The van der Waals surface area contributed by atoms with Crippen LogP contribution in [0.25, 0.3) is 21.5 Å². The molecule has 3 nitrogen and oxygen atoms in total. The van der Waals surface area contributed by atoms with Crippen molar-refractivity contribution in [3.8, 4) is 10.7 Å². The van der Waals surface area contributed by atoms with Gasteiger partial charge in [-0.15, -0.1) is 11.3 Å². The predicted octanol–water partition coefficient (Wildman–Crippen LogP) is 3.25. The van der Waals surface area contributed by atoms with Crippen LogP contribution >= 0.6 is 11.3 Å². The van der Waals surface area contributed by atoms with Crippen LogP contribution in [0.3, 0.4) is 0 Å². The molecule has 2 aromatic heterocycles. The SMILES string of the molecule is Cc1sc(-c2nccc3ccccc23)nc1N. The van der Waals surface area contributed by atoms with E-state index in [-0.39, 0.29) is 0 Å². The Balaban J connectivity index is 2.30. The lowest BCUT2D eigenvalue weighted by atomic mass is 10.1. The minimum atomic E-state index is 0.597. The summed E-state index contributed by atoms with van der Waals surface area (Å²) in [6, 6.07) is 10.2. The van der Waals surface area contributed by atoms with Crippen molar-refractivity contribution in [2.24, 2.45) is 0 Å². The first kappa shape index (κ1) is 10.2. The summed E-state index contributed by atoms with van der Waals surface area (Å²) in [7, 11) is 0. The van der Waals surface area contributed by atoms with E-state index in [1.807, 2.05) is 31.3 Å². The van der Waals surface area contributed by atoms with E-state index in [0.717, 1.165) is 21.0 Å². The van der Waals surface area contributed by atoms with Gasteiger partial charge in [-0.25, -0.2) is 4.98 Å². The summed E-state index contributed by atoms with van der Waals surface area (Å²) in [4.78, 5) is 9.83. The Morgan fingerprint density at radius 1 is 1.18 bits per heavy atom. The van der Waals surface area contributed by atoms with E-state index in [0.29, 0.717) is 5.82 Å². The summed E-state index contributed by atoms with van der Waals surface area (Å²) >= 11 is 1.58. The first-order valence-corrected chi connectivity index (χ1v) is 6.14. The van der Waals surface area contributed by atoms with Crippen LogP contribution in [0.2, 0.25) is 0 Å². The highest BCUT2D eigenvalue weighted by atomic mass is 32.1. The standard InChI is InChI=1S/C13H11N3S/c1-8-12(14)16-13(17-8)11-10-5-3-2-4-9(10)6-7-15-11/h2-7H,14H2,1H3. The van der Waals surface area contributed by atoms with Gasteiger partial charge in [0.1, 0.15) is 16.5 Å². The molecule has 84 valence electrons. The van der Waals surface area contributed by atoms with Gasteiger partial charge in [-0.1, -0.05) is 24.3 Å². The Labute approximate surface area is 103 Å². The highest BCUT2D eigenvalue weighted by Crippen LogP contribution is 2.31. The molecular formula is C13H11N3S. The molecule has 4 heteroatoms. The Hall–Kier alpha value is -1.94. The number of nitrogen functional groups attached to an aromatic ring is 1. The second kappa shape index (κ2) is 3.82. The molecule has 0 saturated carbocycles. The minimum absolute atomic E-state index is 0.597. The number of hydrogen-bond acceptors (Lipinski definition) is 4. The highest BCUT2D eigenvalue weighted by molar-refractivity contribution is 7.15. The van der Waals surface area contributed by atoms with E-state index in [1.54, 1.807) is 11.3 Å². The van der Waals surface area contributed by atoms with Crippen molar-refractivity contribution >= 4 is 27.9 Å². The van der Waals surface area contributed by atoms with Gasteiger partial charge in [0.05, 0.1) is 0 Å². The molecule has 0 unspecified atom stereocenters. The largest absolute Gasteiger partial charge is 0.383 e. The number of aryl methyl sites for hydroxylation is 1. The van der Waals surface area contributed by atoms with E-state index in [9.17, 15) is 0 Å². The van der Waals surface area contributed by atoms with Gasteiger partial charge in [0.2, 0.25) is 0 Å². The van der Waals surface area contributed by atoms with Crippen LogP contribution in [0.5, 0.6) is 0 Å². The number of thiazole rings is 1. The second-order valence-corrected chi connectivity index (χ2v) is 5.04. The van der Waals surface area contributed by atoms with Gasteiger partial charge in [0.25, 0.3) is 0 Å². The van der Waals surface area contributed by atoms with Crippen LogP contribution in [0.4, 0.5) is 5.82 Å². The maximum Gasteiger partial charge on any atom is 0.145 e. The van der Waals surface area contributed by atoms with Crippen molar-refractivity contribution < 1.29 is 0 Å². The lowest BCUT2D eigenvalue weighted by molar-refractivity contribution is 1.31. The first-order valence-electron chi connectivity index (χ1n) is 5.33. The average Bonchev–Trinajstić information content (AvgIpc) is 2.69. The van der Waals surface area contributed by atoms with Gasteiger partial charge in [-0.2, -0.15) is 0 Å². The zero-order valence-electron chi connectivity index (χ0n) is 9.34. The average molecular weight is 241 g/mol. The number of hydrogen-bond donors (Lipinski definition) is 1. The third-order valence-electron chi connectivity index (χ3n) is 2.71. The molecule has 3 rings (SSSR count). The number of pyridine rings is 1. The number of benzene rings is 1. The minimum Gasteiger partial charge on any atom is -0.383 e. The lowest BCUT2D eigenvalue weighted by Crippen LogP contribution is -1.88. The molecule has 1 aromatic carbocycles. The molecule has 0 saturated heterocycles. The molecule has 0 radical (unpaired) electrons. The van der Waals surface area contributed by atoms with Crippen LogP contribution in [-0.2, 0) is 0 Å². The summed E-state index contributed by atoms with van der Waals surface area (Å²) < 4.78 is 0. The van der Waals surface area contributed by atoms with Crippen LogP contribution in [0, 0.1) is 6.92 Å². The number of fused-ring (bicyclic) bond motifs is 1. The number of aromatic nitrogens is 2. The van der Waals surface area contributed by atoms with Gasteiger partial charge in [0, 0.05) is 16.5 Å². The fourth-order valence-electron chi connectivity index (χ4n) is 1.80. The zero-order valence-corrected chi connectivity index (χ0v) is 10.2. The Kier molecular flexibility index (Phi) is 2.30. The van der Waals surface area contributed by atoms with Gasteiger partial charge in [-0.05, 0) is 18.4 Å². The number of rotatable bonds is 1. The van der Waals surface area contributed by atoms with Crippen LogP contribution < -0.4 is 5.73 Å². The van der Waals surface area contributed by atoms with E-state index >= 15 is 0 Å². The molecule has 0 bridgehead atoms. The van der Waals surface area contributed by atoms with Gasteiger partial charge in [0.15, 0.2) is 0 Å². The molecule has 0 fully saturated rings. The quantitative estimate of drug-likeness (QED) is 0.711. The van der Waals surface area contributed by atoms with Crippen molar-refractivity contribution in [1.29, 1.82) is 0 Å². The Morgan fingerprint density at radius 2 is 2.00 bits per heavy atom. The molecule has 2 N–H and O–H groups in total. The number of anilines is 1. The summed E-state index contributed by atoms with van der Waals surface area (Å²) in [5.74, 6) is 0.597. The summed E-state index contributed by atoms with van der Waals surface area (Å²) in [6.45, 7) is 1.97. The number of nitrogens with two attached hydrogens (primary N) is 1. The smallest absolute Gasteiger partial charge is 0.145 e. The topological polar surface area (TPSA) is 51.8 Å². The molecular weight excluding hydrogens is 230 g/mol. The molecule has 0 atom stereocenters. The first-order chi connectivity index (χ1) is 8.25. The summed E-state index contributed by atoms with van der Waals surface area (Å²) in [5, 5.41) is 3.17. The third kappa shape index (κ3) is 1.66. The lowest BCUT2D eigenvalue weighted by Gasteiger charge is -2.01. The van der Waals surface area contributed by atoms with Gasteiger partial charge < -0.3 is 5.73 Å². The predicted molar refractivity (Wildman–Crippen MR) is 72.0 cm³/mol. The monoisotopic (exact) mass is 241 g/mol. The maximum atomic E-state index is 5.79. The number of nitrogens with zero attached hydrogens (tertiary/aromatic N) is 2. The van der Waals surface area contributed by atoms with E-state index in [4.69, 9.17) is 5.73 Å². The normalized spacial score (nSPS) is 10.9. The molecule has 0 aliphatic rings. The maximum absolute atomic E-state index is 5.79. The van der Waals surface area contributed by atoms with Gasteiger partial charge in [-0.3, -0.25) is 4.98 Å². The Bertz CT molecular complexity index is 663. The van der Waals surface area contributed by atoms with Crippen molar-refractivity contribution in [3.63, 3.8) is 0 Å². The molecule has 3 aromatic rings. The third-order valence-corrected chi connectivity index (χ3v) is 3.70. The highest BCUT2D eigenvalue weighted by Gasteiger charge is 2.10. The molecule has 0 spiro atoms. The molecule has 2 heterocycles. The molecule has 17 heavy (non-hydrogen) atoms. The van der Waals surface area contributed by atoms with Crippen LogP contribution in [0.1, 0.15) is 4.88 Å². The fourth-order valence-corrected chi connectivity index (χ4v) is 2.64. The van der Waals surface area contributed by atoms with E-state index < -0.39 is 0 Å². The van der Waals surface area contributed by atoms with E-state index in [2.05, 4.69) is 22.1 Å². The van der Waals surface area contributed by atoms with Crippen molar-refractivity contribution in [2.45, 2.75) is 6.92 Å². The Morgan fingerprint density at radius 3 is 2.76 bits per heavy atom. The molecule has 0 amide bonds. The molecule has 0 aliphatic carbocycles. The fraction of sp³-hybridized carbons (Fsp3) is 0.0769. The van der Waals surface area contributed by atoms with Crippen LogP contribution in [-0.4, -0.2) is 9.97 Å². The van der Waals surface area contributed by atoms with Crippen LogP contribution in [0.15, 0.2) is 36.5 Å².